The number of nitrogens with zero attached hydrogens (tertiary/aromatic N) is 3. The highest BCUT2D eigenvalue weighted by Gasteiger charge is 2.23. The van der Waals surface area contributed by atoms with E-state index in [-0.39, 0.29) is 0 Å². The van der Waals surface area contributed by atoms with Crippen LogP contribution in [-0.2, 0) is 0 Å². The Morgan fingerprint density at radius 2 is 1.75 bits per heavy atom. The van der Waals surface area contributed by atoms with Crippen molar-refractivity contribution in [1.29, 1.82) is 0 Å². The second-order valence-corrected chi connectivity index (χ2v) is 6.26. The van der Waals surface area contributed by atoms with Gasteiger partial charge in [0.05, 0.1) is 0 Å². The monoisotopic (exact) mass is 277 g/mol. The number of hydrogen-bond donors (Lipinski definition) is 2. The van der Waals surface area contributed by atoms with Gasteiger partial charge in [0.15, 0.2) is 0 Å². The van der Waals surface area contributed by atoms with Crippen LogP contribution in [0.3, 0.4) is 0 Å². The lowest BCUT2D eigenvalue weighted by Crippen LogP contribution is -2.41. The molecule has 0 bridgehead atoms. The molecule has 2 fully saturated rings. The molecule has 1 aliphatic heterocycles. The summed E-state index contributed by atoms with van der Waals surface area (Å²) in [5, 5.41) is 11.0. The summed E-state index contributed by atoms with van der Waals surface area (Å²) < 4.78 is 0. The maximum atomic E-state index is 4.79. The zero-order valence-electron chi connectivity index (χ0n) is 12.6. The minimum Gasteiger partial charge on any atom is -0.339 e. The number of rotatable bonds is 3. The Bertz CT molecular complexity index is 400. The third-order valence-corrected chi connectivity index (χ3v) is 4.92. The molecule has 1 aromatic heterocycles. The van der Waals surface area contributed by atoms with Crippen LogP contribution in [0.5, 0.6) is 0 Å². The molecule has 1 aromatic rings. The van der Waals surface area contributed by atoms with Crippen molar-refractivity contribution in [2.45, 2.75) is 63.3 Å². The summed E-state index contributed by atoms with van der Waals surface area (Å²) in [5.74, 6) is 2.64. The van der Waals surface area contributed by atoms with Crippen molar-refractivity contribution in [2.24, 2.45) is 0 Å². The molecule has 20 heavy (non-hydrogen) atoms. The fourth-order valence-electron chi connectivity index (χ4n) is 3.51. The van der Waals surface area contributed by atoms with E-state index in [1.807, 2.05) is 0 Å². The smallest absolute Gasteiger partial charge is 0.244 e. The maximum absolute atomic E-state index is 4.79. The highest BCUT2D eigenvalue weighted by molar-refractivity contribution is 5.30. The van der Waals surface area contributed by atoms with Crippen LogP contribution in [0.2, 0.25) is 0 Å². The predicted octanol–water partition coefficient (Wildman–Crippen LogP) is 2.43. The highest BCUT2D eigenvalue weighted by atomic mass is 15.4. The lowest BCUT2D eigenvalue weighted by molar-refractivity contribution is 0.439. The molecular formula is C15H27N5. The minimum absolute atomic E-state index is 0.605. The number of piperidine rings is 1. The van der Waals surface area contributed by atoms with Gasteiger partial charge in [0.25, 0.3) is 0 Å². The summed E-state index contributed by atoms with van der Waals surface area (Å²) in [7, 11) is 2.05. The Labute approximate surface area is 121 Å². The van der Waals surface area contributed by atoms with Gasteiger partial charge in [-0.05, 0) is 32.7 Å². The van der Waals surface area contributed by atoms with E-state index >= 15 is 0 Å². The average Bonchev–Trinajstić information content (AvgIpc) is 2.83. The Kier molecular flexibility index (Phi) is 4.55. The molecule has 0 spiro atoms. The van der Waals surface area contributed by atoms with Gasteiger partial charge in [-0.3, -0.25) is 5.10 Å². The van der Waals surface area contributed by atoms with Gasteiger partial charge in [-0.2, -0.15) is 4.98 Å². The summed E-state index contributed by atoms with van der Waals surface area (Å²) in [6, 6.07) is 0.659. The van der Waals surface area contributed by atoms with Gasteiger partial charge in [-0.15, -0.1) is 5.10 Å². The molecule has 0 aromatic carbocycles. The lowest BCUT2D eigenvalue weighted by Gasteiger charge is -2.30. The van der Waals surface area contributed by atoms with E-state index in [2.05, 4.69) is 27.5 Å². The van der Waals surface area contributed by atoms with Crippen LogP contribution in [-0.4, -0.2) is 41.4 Å². The summed E-state index contributed by atoms with van der Waals surface area (Å²) >= 11 is 0. The van der Waals surface area contributed by atoms with Gasteiger partial charge in [0, 0.05) is 25.0 Å². The molecule has 0 radical (unpaired) electrons. The van der Waals surface area contributed by atoms with Gasteiger partial charge in [0.2, 0.25) is 5.95 Å². The van der Waals surface area contributed by atoms with Crippen molar-refractivity contribution in [3.05, 3.63) is 5.82 Å². The second-order valence-electron chi connectivity index (χ2n) is 6.26. The zero-order valence-corrected chi connectivity index (χ0v) is 12.6. The number of aromatic nitrogens is 3. The molecule has 2 heterocycles. The van der Waals surface area contributed by atoms with Crippen molar-refractivity contribution >= 4 is 5.95 Å². The molecule has 5 nitrogen and oxygen atoms in total. The maximum Gasteiger partial charge on any atom is 0.244 e. The summed E-state index contributed by atoms with van der Waals surface area (Å²) in [6.45, 7) is 2.13. The van der Waals surface area contributed by atoms with Crippen molar-refractivity contribution < 1.29 is 0 Å². The van der Waals surface area contributed by atoms with Crippen LogP contribution >= 0.6 is 0 Å². The molecule has 2 aliphatic rings. The van der Waals surface area contributed by atoms with E-state index in [4.69, 9.17) is 4.98 Å². The Hall–Kier alpha value is -1.10. The quantitative estimate of drug-likeness (QED) is 0.833. The average molecular weight is 277 g/mol. The van der Waals surface area contributed by atoms with Gasteiger partial charge >= 0.3 is 0 Å². The van der Waals surface area contributed by atoms with Gasteiger partial charge < -0.3 is 10.2 Å². The lowest BCUT2D eigenvalue weighted by atomic mass is 10.00. The van der Waals surface area contributed by atoms with E-state index in [1.165, 1.54) is 51.4 Å². The largest absolute Gasteiger partial charge is 0.339 e. The fraction of sp³-hybridized carbons (Fsp3) is 0.867. The van der Waals surface area contributed by atoms with Crippen LogP contribution in [0, 0.1) is 0 Å². The molecule has 3 rings (SSSR count). The first-order valence-corrected chi connectivity index (χ1v) is 8.21. The molecule has 1 saturated carbocycles. The Morgan fingerprint density at radius 1 is 1.05 bits per heavy atom. The standard InChI is InChI=1S/C15H27N5/c1-16-13-8-10-20(11-9-13)15-17-14(18-19-15)12-6-4-2-3-5-7-12/h12-13,16H,2-11H2,1H3,(H,17,18,19). The van der Waals surface area contributed by atoms with Gasteiger partial charge in [0.1, 0.15) is 5.82 Å². The molecular weight excluding hydrogens is 250 g/mol. The normalized spacial score (nSPS) is 22.9. The molecule has 1 aliphatic carbocycles. The Balaban J connectivity index is 1.61. The first-order chi connectivity index (χ1) is 9.86. The number of hydrogen-bond acceptors (Lipinski definition) is 4. The molecule has 5 heteroatoms. The predicted molar refractivity (Wildman–Crippen MR) is 81.1 cm³/mol. The molecule has 1 saturated heterocycles. The van der Waals surface area contributed by atoms with E-state index in [0.717, 1.165) is 24.9 Å². The zero-order chi connectivity index (χ0) is 13.8. The van der Waals surface area contributed by atoms with E-state index in [0.29, 0.717) is 12.0 Å². The van der Waals surface area contributed by atoms with Gasteiger partial charge in [-0.25, -0.2) is 0 Å². The van der Waals surface area contributed by atoms with Crippen LogP contribution in [0.15, 0.2) is 0 Å². The fourth-order valence-corrected chi connectivity index (χ4v) is 3.51. The first-order valence-electron chi connectivity index (χ1n) is 8.21. The minimum atomic E-state index is 0.605. The summed E-state index contributed by atoms with van der Waals surface area (Å²) in [5.41, 5.74) is 0. The Morgan fingerprint density at radius 3 is 2.40 bits per heavy atom. The van der Waals surface area contributed by atoms with Gasteiger partial charge in [-0.1, -0.05) is 25.7 Å². The van der Waals surface area contributed by atoms with E-state index in [1.54, 1.807) is 0 Å². The number of nitrogens with one attached hydrogen (secondary N) is 2. The van der Waals surface area contributed by atoms with Crippen LogP contribution < -0.4 is 10.2 Å². The van der Waals surface area contributed by atoms with Crippen molar-refractivity contribution in [2.75, 3.05) is 25.0 Å². The molecule has 0 atom stereocenters. The SMILES string of the molecule is CNC1CCN(c2n[nH]c(C3CCCCCC3)n2)CC1. The summed E-state index contributed by atoms with van der Waals surface area (Å²) in [6.07, 6.45) is 10.4. The first kappa shape index (κ1) is 13.9. The topological polar surface area (TPSA) is 56.8 Å². The molecule has 0 unspecified atom stereocenters. The number of H-pyrrole nitrogens is 1. The number of anilines is 1. The van der Waals surface area contributed by atoms with Crippen LogP contribution in [0.25, 0.3) is 0 Å². The second kappa shape index (κ2) is 6.57. The van der Waals surface area contributed by atoms with Crippen molar-refractivity contribution in [3.63, 3.8) is 0 Å². The van der Waals surface area contributed by atoms with Crippen LogP contribution in [0.1, 0.15) is 63.1 Å². The highest BCUT2D eigenvalue weighted by Crippen LogP contribution is 2.30. The molecule has 112 valence electrons. The van der Waals surface area contributed by atoms with Crippen molar-refractivity contribution in [1.82, 2.24) is 20.5 Å². The molecule has 2 N–H and O–H groups in total. The molecule has 0 amide bonds. The van der Waals surface area contributed by atoms with Crippen molar-refractivity contribution in [3.8, 4) is 0 Å². The third kappa shape index (κ3) is 3.14. The van der Waals surface area contributed by atoms with E-state index in [9.17, 15) is 0 Å². The van der Waals surface area contributed by atoms with E-state index < -0.39 is 0 Å². The van der Waals surface area contributed by atoms with Crippen LogP contribution in [0.4, 0.5) is 5.95 Å². The number of aromatic amines is 1. The third-order valence-electron chi connectivity index (χ3n) is 4.92. The summed E-state index contributed by atoms with van der Waals surface area (Å²) in [4.78, 5) is 7.11.